The first-order chi connectivity index (χ1) is 5.47. The van der Waals surface area contributed by atoms with Crippen LogP contribution in [0.15, 0.2) is 40.7 Å². The van der Waals surface area contributed by atoms with Crippen molar-refractivity contribution in [3.63, 3.8) is 0 Å². The third-order valence-electron chi connectivity index (χ3n) is 1.40. The Bertz CT molecular complexity index is 260. The molecule has 56 valence electrons. The second-order valence-electron chi connectivity index (χ2n) is 2.13. The fourth-order valence-electron chi connectivity index (χ4n) is 0.881. The van der Waals surface area contributed by atoms with Gasteiger partial charge >= 0.3 is 0 Å². The van der Waals surface area contributed by atoms with Crippen LogP contribution < -0.4 is 0 Å². The summed E-state index contributed by atoms with van der Waals surface area (Å²) in [5.41, 5.74) is 0.939. The molecule has 0 saturated heterocycles. The number of hydrogen-bond acceptors (Lipinski definition) is 4. The van der Waals surface area contributed by atoms with E-state index in [4.69, 9.17) is 4.89 Å². The van der Waals surface area contributed by atoms with Crippen LogP contribution in [0, 0.1) is 0 Å². The predicted octanol–water partition coefficient (Wildman–Crippen LogP) is 2.01. The van der Waals surface area contributed by atoms with E-state index in [0.29, 0.717) is 0 Å². The molecule has 1 aliphatic rings. The maximum atomic E-state index is 4.71. The molecule has 1 aromatic rings. The monoisotopic (exact) mass is 150 g/mol. The smallest absolute Gasteiger partial charge is 0.197 e. The van der Waals surface area contributed by atoms with Crippen molar-refractivity contribution in [1.82, 2.24) is 0 Å². The molecular formula is C7H6N2O2. The van der Waals surface area contributed by atoms with Crippen molar-refractivity contribution < 1.29 is 9.88 Å². The summed E-state index contributed by atoms with van der Waals surface area (Å²) in [6, 6.07) is 9.55. The van der Waals surface area contributed by atoms with E-state index in [1.165, 1.54) is 0 Å². The predicted molar refractivity (Wildman–Crippen MR) is 36.2 cm³/mol. The average Bonchev–Trinajstić information content (AvgIpc) is 2.58. The summed E-state index contributed by atoms with van der Waals surface area (Å²) in [5, 5.41) is 6.93. The summed E-state index contributed by atoms with van der Waals surface area (Å²) in [6.07, 6.45) is -0.392. The van der Waals surface area contributed by atoms with Gasteiger partial charge in [-0.15, -0.1) is 10.0 Å². The SMILES string of the molecule is c1ccc(C2N=NOO2)cc1. The highest BCUT2D eigenvalue weighted by Crippen LogP contribution is 2.23. The molecule has 0 fully saturated rings. The van der Waals surface area contributed by atoms with Crippen LogP contribution in [0.1, 0.15) is 11.8 Å². The van der Waals surface area contributed by atoms with E-state index < -0.39 is 6.23 Å². The van der Waals surface area contributed by atoms with E-state index >= 15 is 0 Å². The Balaban J connectivity index is 2.23. The quantitative estimate of drug-likeness (QED) is 0.574. The zero-order valence-corrected chi connectivity index (χ0v) is 5.68. The van der Waals surface area contributed by atoms with Gasteiger partial charge in [-0.3, -0.25) is 0 Å². The molecule has 4 nitrogen and oxygen atoms in total. The number of nitrogens with zero attached hydrogens (tertiary/aromatic N) is 2. The van der Waals surface area contributed by atoms with E-state index in [9.17, 15) is 0 Å². The minimum absolute atomic E-state index is 0.392. The molecule has 0 aliphatic carbocycles. The summed E-state index contributed by atoms with van der Waals surface area (Å²) < 4.78 is 0. The highest BCUT2D eigenvalue weighted by molar-refractivity contribution is 5.16. The van der Waals surface area contributed by atoms with E-state index in [-0.39, 0.29) is 0 Å². The van der Waals surface area contributed by atoms with Crippen LogP contribution in [-0.2, 0) is 9.88 Å². The molecular weight excluding hydrogens is 144 g/mol. The molecule has 1 heterocycles. The van der Waals surface area contributed by atoms with Gasteiger partial charge in [-0.2, -0.15) is 4.99 Å². The Labute approximate surface area is 63.3 Å². The first-order valence-electron chi connectivity index (χ1n) is 3.24. The van der Waals surface area contributed by atoms with Gasteiger partial charge in [0.2, 0.25) is 6.23 Å². The molecule has 2 rings (SSSR count). The van der Waals surface area contributed by atoms with Crippen molar-refractivity contribution in [2.24, 2.45) is 10.4 Å². The van der Waals surface area contributed by atoms with Crippen molar-refractivity contribution in [1.29, 1.82) is 0 Å². The Kier molecular flexibility index (Phi) is 1.53. The summed E-state index contributed by atoms with van der Waals surface area (Å²) in [5.74, 6) is 0. The number of hydrogen-bond donors (Lipinski definition) is 0. The first-order valence-corrected chi connectivity index (χ1v) is 3.24. The topological polar surface area (TPSA) is 43.2 Å². The van der Waals surface area contributed by atoms with Crippen molar-refractivity contribution in [2.45, 2.75) is 6.23 Å². The van der Waals surface area contributed by atoms with Crippen molar-refractivity contribution >= 4 is 0 Å². The minimum atomic E-state index is -0.392. The van der Waals surface area contributed by atoms with Crippen molar-refractivity contribution in [2.75, 3.05) is 0 Å². The molecule has 1 aliphatic heterocycles. The lowest BCUT2D eigenvalue weighted by molar-refractivity contribution is -0.296. The molecule has 4 heteroatoms. The third-order valence-corrected chi connectivity index (χ3v) is 1.40. The molecule has 0 spiro atoms. The zero-order chi connectivity index (χ0) is 7.52. The molecule has 0 radical (unpaired) electrons. The second-order valence-corrected chi connectivity index (χ2v) is 2.13. The highest BCUT2D eigenvalue weighted by atomic mass is 17.3. The van der Waals surface area contributed by atoms with Crippen LogP contribution in [0.2, 0.25) is 0 Å². The van der Waals surface area contributed by atoms with E-state index in [1.54, 1.807) is 0 Å². The first kappa shape index (κ1) is 6.30. The van der Waals surface area contributed by atoms with Gasteiger partial charge in [0.25, 0.3) is 0 Å². The maximum absolute atomic E-state index is 4.71. The molecule has 0 saturated carbocycles. The van der Waals surface area contributed by atoms with Gasteiger partial charge in [0.15, 0.2) is 0 Å². The normalized spacial score (nSPS) is 21.6. The summed E-state index contributed by atoms with van der Waals surface area (Å²) in [6.45, 7) is 0. The number of benzene rings is 1. The standard InChI is InChI=1S/C7H6N2O2/c1-2-4-6(5-3-1)7-8-9-11-10-7/h1-5,7H. The summed E-state index contributed by atoms with van der Waals surface area (Å²) in [7, 11) is 0. The Morgan fingerprint density at radius 3 is 2.64 bits per heavy atom. The molecule has 0 N–H and O–H groups in total. The van der Waals surface area contributed by atoms with Crippen molar-refractivity contribution in [3.8, 4) is 0 Å². The highest BCUT2D eigenvalue weighted by Gasteiger charge is 2.16. The Hall–Kier alpha value is -1.42. The fourth-order valence-corrected chi connectivity index (χ4v) is 0.881. The zero-order valence-electron chi connectivity index (χ0n) is 5.68. The Morgan fingerprint density at radius 2 is 2.00 bits per heavy atom. The van der Waals surface area contributed by atoms with Crippen LogP contribution in [0.4, 0.5) is 0 Å². The second kappa shape index (κ2) is 2.67. The molecule has 1 unspecified atom stereocenters. The molecule has 0 bridgehead atoms. The van der Waals surface area contributed by atoms with Crippen LogP contribution >= 0.6 is 0 Å². The maximum Gasteiger partial charge on any atom is 0.245 e. The molecule has 0 aromatic heterocycles. The molecule has 11 heavy (non-hydrogen) atoms. The minimum Gasteiger partial charge on any atom is -0.197 e. The fraction of sp³-hybridized carbons (Fsp3) is 0.143. The van der Waals surface area contributed by atoms with E-state index in [0.717, 1.165) is 5.56 Å². The van der Waals surface area contributed by atoms with Gasteiger partial charge in [0, 0.05) is 5.56 Å². The Morgan fingerprint density at radius 1 is 1.18 bits per heavy atom. The number of rotatable bonds is 1. The molecule has 0 amide bonds. The third kappa shape index (κ3) is 1.20. The van der Waals surface area contributed by atoms with Crippen LogP contribution in [0.5, 0.6) is 0 Å². The van der Waals surface area contributed by atoms with Gasteiger partial charge in [-0.1, -0.05) is 30.3 Å². The van der Waals surface area contributed by atoms with Crippen LogP contribution in [0.3, 0.4) is 0 Å². The van der Waals surface area contributed by atoms with E-state index in [2.05, 4.69) is 15.4 Å². The lowest BCUT2D eigenvalue weighted by Gasteiger charge is -1.99. The lowest BCUT2D eigenvalue weighted by Crippen LogP contribution is -1.92. The van der Waals surface area contributed by atoms with Gasteiger partial charge in [-0.05, 0) is 0 Å². The van der Waals surface area contributed by atoms with Gasteiger partial charge in [-0.25, -0.2) is 0 Å². The van der Waals surface area contributed by atoms with E-state index in [1.807, 2.05) is 30.3 Å². The summed E-state index contributed by atoms with van der Waals surface area (Å²) >= 11 is 0. The lowest BCUT2D eigenvalue weighted by atomic mass is 10.2. The van der Waals surface area contributed by atoms with Crippen LogP contribution in [0.25, 0.3) is 0 Å². The van der Waals surface area contributed by atoms with Gasteiger partial charge in [0.1, 0.15) is 0 Å². The molecule has 1 aromatic carbocycles. The van der Waals surface area contributed by atoms with Gasteiger partial charge in [0.05, 0.1) is 5.28 Å². The molecule has 1 atom stereocenters. The van der Waals surface area contributed by atoms with Crippen molar-refractivity contribution in [3.05, 3.63) is 35.9 Å². The van der Waals surface area contributed by atoms with Gasteiger partial charge < -0.3 is 0 Å². The summed E-state index contributed by atoms with van der Waals surface area (Å²) in [4.78, 5) is 8.98. The average molecular weight is 150 g/mol. The van der Waals surface area contributed by atoms with Crippen LogP contribution in [-0.4, -0.2) is 0 Å². The largest absolute Gasteiger partial charge is 0.245 e.